The molecule has 2 aromatic carbocycles. The second-order valence-electron chi connectivity index (χ2n) is 6.11. The monoisotopic (exact) mass is 326 g/mol. The van der Waals surface area contributed by atoms with Gasteiger partial charge in [0.25, 0.3) is 5.91 Å². The zero-order chi connectivity index (χ0) is 17.5. The molecule has 0 aliphatic carbocycles. The molecule has 0 aliphatic heterocycles. The van der Waals surface area contributed by atoms with E-state index in [2.05, 4.69) is 5.32 Å². The fourth-order valence-corrected chi connectivity index (χ4v) is 2.39. The zero-order valence-electron chi connectivity index (χ0n) is 14.9. The summed E-state index contributed by atoms with van der Waals surface area (Å²) in [6.07, 6.45) is 0.146. The number of anilines is 1. The summed E-state index contributed by atoms with van der Waals surface area (Å²) in [6, 6.07) is 15.9. The van der Waals surface area contributed by atoms with Gasteiger partial charge in [0.15, 0.2) is 6.10 Å². The van der Waals surface area contributed by atoms with E-state index in [0.29, 0.717) is 13.0 Å². The number of hydrogen-bond donors (Lipinski definition) is 1. The van der Waals surface area contributed by atoms with Gasteiger partial charge in [-0.05, 0) is 48.7 Å². The van der Waals surface area contributed by atoms with Crippen LogP contribution in [0.5, 0.6) is 5.75 Å². The topological polar surface area (TPSA) is 41.6 Å². The van der Waals surface area contributed by atoms with Crippen molar-refractivity contribution >= 4 is 11.6 Å². The summed E-state index contributed by atoms with van der Waals surface area (Å²) < 4.78 is 5.83. The van der Waals surface area contributed by atoms with Crippen molar-refractivity contribution in [3.05, 3.63) is 59.7 Å². The molecule has 1 N–H and O–H groups in total. The average Bonchev–Trinajstić information content (AvgIpc) is 2.58. The van der Waals surface area contributed by atoms with Gasteiger partial charge in [-0.1, -0.05) is 31.2 Å². The minimum Gasteiger partial charge on any atom is -0.481 e. The van der Waals surface area contributed by atoms with Crippen molar-refractivity contribution in [2.45, 2.75) is 32.9 Å². The van der Waals surface area contributed by atoms with Crippen molar-refractivity contribution in [1.82, 2.24) is 5.32 Å². The predicted molar refractivity (Wildman–Crippen MR) is 98.5 cm³/mol. The van der Waals surface area contributed by atoms with Gasteiger partial charge in [0.2, 0.25) is 0 Å². The lowest BCUT2D eigenvalue weighted by atomic mass is 10.2. The third-order valence-corrected chi connectivity index (χ3v) is 3.85. The molecule has 0 heterocycles. The predicted octanol–water partition coefficient (Wildman–Crippen LogP) is 3.53. The smallest absolute Gasteiger partial charge is 0.261 e. The van der Waals surface area contributed by atoms with E-state index in [9.17, 15) is 4.79 Å². The second-order valence-corrected chi connectivity index (χ2v) is 6.11. The molecule has 1 atom stereocenters. The van der Waals surface area contributed by atoms with Crippen LogP contribution < -0.4 is 15.0 Å². The summed E-state index contributed by atoms with van der Waals surface area (Å²) in [5.41, 5.74) is 3.32. The normalized spacial score (nSPS) is 11.7. The zero-order valence-corrected chi connectivity index (χ0v) is 14.9. The fourth-order valence-electron chi connectivity index (χ4n) is 2.39. The summed E-state index contributed by atoms with van der Waals surface area (Å²) in [4.78, 5) is 14.4. The molecule has 128 valence electrons. The van der Waals surface area contributed by atoms with Crippen LogP contribution in [0.1, 0.15) is 24.5 Å². The molecule has 4 heteroatoms. The van der Waals surface area contributed by atoms with E-state index in [4.69, 9.17) is 4.74 Å². The molecule has 0 fully saturated rings. The maximum Gasteiger partial charge on any atom is 0.261 e. The van der Waals surface area contributed by atoms with Gasteiger partial charge in [0.1, 0.15) is 5.75 Å². The lowest BCUT2D eigenvalue weighted by molar-refractivity contribution is -0.128. The molecule has 0 spiro atoms. The summed E-state index contributed by atoms with van der Waals surface area (Å²) in [6.45, 7) is 4.46. The summed E-state index contributed by atoms with van der Waals surface area (Å²) in [5.74, 6) is 0.642. The third-order valence-electron chi connectivity index (χ3n) is 3.85. The number of rotatable bonds is 7. The molecule has 0 aliphatic rings. The van der Waals surface area contributed by atoms with Gasteiger partial charge in [-0.3, -0.25) is 4.79 Å². The van der Waals surface area contributed by atoms with Crippen molar-refractivity contribution < 1.29 is 9.53 Å². The third kappa shape index (κ3) is 5.01. The van der Waals surface area contributed by atoms with Crippen LogP contribution in [0.3, 0.4) is 0 Å². The Bertz CT molecular complexity index is 666. The number of carbonyl (C=O) groups excluding carboxylic acids is 1. The maximum absolute atomic E-state index is 12.4. The number of benzene rings is 2. The first-order valence-electron chi connectivity index (χ1n) is 8.27. The molecule has 2 aromatic rings. The molecule has 1 amide bonds. The molecule has 0 aromatic heterocycles. The van der Waals surface area contributed by atoms with Crippen molar-refractivity contribution in [3.8, 4) is 5.75 Å². The van der Waals surface area contributed by atoms with E-state index in [0.717, 1.165) is 22.6 Å². The number of amides is 1. The Kier molecular flexibility index (Phi) is 6.24. The van der Waals surface area contributed by atoms with Gasteiger partial charge in [-0.15, -0.1) is 0 Å². The number of nitrogens with one attached hydrogen (secondary N) is 1. The van der Waals surface area contributed by atoms with Crippen molar-refractivity contribution in [3.63, 3.8) is 0 Å². The largest absolute Gasteiger partial charge is 0.481 e. The molecule has 0 radical (unpaired) electrons. The first-order valence-corrected chi connectivity index (χ1v) is 8.27. The molecular weight excluding hydrogens is 300 g/mol. The minimum absolute atomic E-state index is 0.0873. The van der Waals surface area contributed by atoms with Gasteiger partial charge in [-0.25, -0.2) is 0 Å². The average molecular weight is 326 g/mol. The van der Waals surface area contributed by atoms with E-state index < -0.39 is 6.10 Å². The highest BCUT2D eigenvalue weighted by Crippen LogP contribution is 2.16. The molecule has 2 rings (SSSR count). The van der Waals surface area contributed by atoms with E-state index in [1.54, 1.807) is 0 Å². The standard InChI is InChI=1S/C20H26N2O2/c1-5-19(24-18-8-6-7-15(2)13-18)20(23)21-14-16-9-11-17(12-10-16)22(3)4/h6-13,19H,5,14H2,1-4H3,(H,21,23). The van der Waals surface area contributed by atoms with Gasteiger partial charge in [-0.2, -0.15) is 0 Å². The Morgan fingerprint density at radius 2 is 1.88 bits per heavy atom. The maximum atomic E-state index is 12.4. The van der Waals surface area contributed by atoms with Crippen LogP contribution in [0, 0.1) is 6.92 Å². The molecule has 0 saturated heterocycles. The molecule has 0 saturated carbocycles. The fraction of sp³-hybridized carbons (Fsp3) is 0.350. The van der Waals surface area contributed by atoms with Crippen molar-refractivity contribution in [1.29, 1.82) is 0 Å². The van der Waals surface area contributed by atoms with Gasteiger partial charge in [0.05, 0.1) is 0 Å². The quantitative estimate of drug-likeness (QED) is 0.846. The highest BCUT2D eigenvalue weighted by Gasteiger charge is 2.18. The summed E-state index contributed by atoms with van der Waals surface area (Å²) >= 11 is 0. The first-order chi connectivity index (χ1) is 11.5. The van der Waals surface area contributed by atoms with Gasteiger partial charge in [0, 0.05) is 26.3 Å². The Morgan fingerprint density at radius 1 is 1.17 bits per heavy atom. The van der Waals surface area contributed by atoms with E-state index >= 15 is 0 Å². The molecule has 0 bridgehead atoms. The van der Waals surface area contributed by atoms with Crippen molar-refractivity contribution in [2.75, 3.05) is 19.0 Å². The first kappa shape index (κ1) is 17.9. The highest BCUT2D eigenvalue weighted by molar-refractivity contribution is 5.81. The lowest BCUT2D eigenvalue weighted by Gasteiger charge is -2.18. The summed E-state index contributed by atoms with van der Waals surface area (Å²) in [7, 11) is 4.01. The molecule has 1 unspecified atom stereocenters. The highest BCUT2D eigenvalue weighted by atomic mass is 16.5. The van der Waals surface area contributed by atoms with E-state index in [1.165, 1.54) is 0 Å². The lowest BCUT2D eigenvalue weighted by Crippen LogP contribution is -2.37. The number of carbonyl (C=O) groups is 1. The van der Waals surface area contributed by atoms with Crippen LogP contribution in [0.4, 0.5) is 5.69 Å². The van der Waals surface area contributed by atoms with E-state index in [-0.39, 0.29) is 5.91 Å². The number of nitrogens with zero attached hydrogens (tertiary/aromatic N) is 1. The Morgan fingerprint density at radius 3 is 2.46 bits per heavy atom. The van der Waals surface area contributed by atoms with E-state index in [1.807, 2.05) is 81.4 Å². The van der Waals surface area contributed by atoms with Crippen molar-refractivity contribution in [2.24, 2.45) is 0 Å². The van der Waals surface area contributed by atoms with Crippen LogP contribution in [0.2, 0.25) is 0 Å². The SMILES string of the molecule is CCC(Oc1cccc(C)c1)C(=O)NCc1ccc(N(C)C)cc1. The number of aryl methyl sites for hydroxylation is 1. The van der Waals surface area contributed by atoms with Crippen LogP contribution in [0.25, 0.3) is 0 Å². The van der Waals surface area contributed by atoms with Crippen LogP contribution in [-0.4, -0.2) is 26.1 Å². The second kappa shape index (κ2) is 8.39. The number of hydrogen-bond acceptors (Lipinski definition) is 3. The Balaban J connectivity index is 1.91. The van der Waals surface area contributed by atoms with Crippen LogP contribution in [0.15, 0.2) is 48.5 Å². The van der Waals surface area contributed by atoms with Gasteiger partial charge >= 0.3 is 0 Å². The summed E-state index contributed by atoms with van der Waals surface area (Å²) in [5, 5.41) is 2.96. The van der Waals surface area contributed by atoms with Crippen LogP contribution in [-0.2, 0) is 11.3 Å². The Hall–Kier alpha value is -2.49. The number of ether oxygens (including phenoxy) is 1. The van der Waals surface area contributed by atoms with Crippen LogP contribution >= 0.6 is 0 Å². The molecular formula is C20H26N2O2. The Labute approximate surface area is 144 Å². The molecule has 4 nitrogen and oxygen atoms in total. The minimum atomic E-state index is -0.479. The van der Waals surface area contributed by atoms with Gasteiger partial charge < -0.3 is 15.0 Å². The molecule has 24 heavy (non-hydrogen) atoms.